The summed E-state index contributed by atoms with van der Waals surface area (Å²) in [5.41, 5.74) is 1.03. The number of methoxy groups -OCH3 is 1. The third-order valence-corrected chi connectivity index (χ3v) is 4.64. The van der Waals surface area contributed by atoms with Gasteiger partial charge in [0.25, 0.3) is 0 Å². The molecule has 1 N–H and O–H groups in total. The van der Waals surface area contributed by atoms with Crippen LogP contribution in [-0.4, -0.2) is 42.2 Å². The molecular weight excluding hydrogens is 386 g/mol. The summed E-state index contributed by atoms with van der Waals surface area (Å²) in [6.45, 7) is 1.71. The lowest BCUT2D eigenvalue weighted by atomic mass is 10.2. The maximum atomic E-state index is 12.3. The van der Waals surface area contributed by atoms with Crippen LogP contribution >= 0.6 is 15.9 Å². The number of benzene rings is 1. The minimum absolute atomic E-state index is 0.0436. The van der Waals surface area contributed by atoms with Crippen molar-refractivity contribution in [2.45, 2.75) is 19.1 Å². The fraction of sp³-hybridized carbons (Fsp3) is 0.333. The number of carbonyl (C=O) groups is 1. The predicted molar refractivity (Wildman–Crippen MR) is 97.8 cm³/mol. The van der Waals surface area contributed by atoms with Crippen molar-refractivity contribution in [1.29, 1.82) is 0 Å². The maximum absolute atomic E-state index is 12.3. The first-order valence-electron chi connectivity index (χ1n) is 8.08. The second-order valence-electron chi connectivity index (χ2n) is 5.77. The fourth-order valence-corrected chi connectivity index (χ4v) is 3.01. The third-order valence-electron chi connectivity index (χ3n) is 4.04. The number of ether oxygens (including phenoxy) is 2. The Morgan fingerprint density at radius 3 is 2.88 bits per heavy atom. The Morgan fingerprint density at radius 2 is 2.16 bits per heavy atom. The number of aromatic nitrogens is 1. The molecule has 7 heteroatoms. The molecule has 132 valence electrons. The van der Waals surface area contributed by atoms with Gasteiger partial charge in [-0.2, -0.15) is 0 Å². The molecule has 2 amide bonds. The minimum Gasteiger partial charge on any atom is -0.497 e. The number of likely N-dealkylation sites (tertiary alicyclic amines) is 1. The Hall–Kier alpha value is -2.28. The highest BCUT2D eigenvalue weighted by atomic mass is 79.9. The van der Waals surface area contributed by atoms with Gasteiger partial charge in [0.2, 0.25) is 5.88 Å². The van der Waals surface area contributed by atoms with Crippen molar-refractivity contribution >= 4 is 22.0 Å². The van der Waals surface area contributed by atoms with Crippen LogP contribution < -0.4 is 14.8 Å². The van der Waals surface area contributed by atoms with Crippen molar-refractivity contribution in [1.82, 2.24) is 15.2 Å². The molecule has 1 aliphatic heterocycles. The topological polar surface area (TPSA) is 63.7 Å². The summed E-state index contributed by atoms with van der Waals surface area (Å²) in [5.74, 6) is 1.36. The van der Waals surface area contributed by atoms with E-state index in [1.54, 1.807) is 18.2 Å². The van der Waals surface area contributed by atoms with E-state index in [0.717, 1.165) is 22.2 Å². The van der Waals surface area contributed by atoms with Crippen LogP contribution in [0.2, 0.25) is 0 Å². The van der Waals surface area contributed by atoms with Gasteiger partial charge in [-0.05, 0) is 45.8 Å². The van der Waals surface area contributed by atoms with Crippen molar-refractivity contribution in [3.63, 3.8) is 0 Å². The molecule has 1 fully saturated rings. The van der Waals surface area contributed by atoms with E-state index in [1.165, 1.54) is 0 Å². The van der Waals surface area contributed by atoms with Gasteiger partial charge in [0.05, 0.1) is 18.1 Å². The summed E-state index contributed by atoms with van der Waals surface area (Å²) in [4.78, 5) is 18.3. The van der Waals surface area contributed by atoms with E-state index < -0.39 is 0 Å². The smallest absolute Gasteiger partial charge is 0.317 e. The molecule has 0 aliphatic carbocycles. The molecule has 0 radical (unpaired) electrons. The lowest BCUT2D eigenvalue weighted by Gasteiger charge is -2.18. The fourth-order valence-electron chi connectivity index (χ4n) is 2.66. The lowest BCUT2D eigenvalue weighted by Crippen LogP contribution is -2.39. The highest BCUT2D eigenvalue weighted by Gasteiger charge is 2.28. The van der Waals surface area contributed by atoms with Gasteiger partial charge in [-0.1, -0.05) is 12.1 Å². The first-order valence-corrected chi connectivity index (χ1v) is 8.88. The van der Waals surface area contributed by atoms with Gasteiger partial charge in [0.15, 0.2) is 0 Å². The molecule has 1 aromatic heterocycles. The van der Waals surface area contributed by atoms with Crippen molar-refractivity contribution in [3.05, 3.63) is 52.6 Å². The van der Waals surface area contributed by atoms with E-state index >= 15 is 0 Å². The van der Waals surface area contributed by atoms with E-state index in [2.05, 4.69) is 26.2 Å². The van der Waals surface area contributed by atoms with E-state index in [1.807, 2.05) is 36.4 Å². The van der Waals surface area contributed by atoms with Crippen LogP contribution in [0.5, 0.6) is 11.6 Å². The number of halogens is 1. The molecule has 0 bridgehead atoms. The molecule has 0 spiro atoms. The van der Waals surface area contributed by atoms with Crippen LogP contribution in [-0.2, 0) is 6.54 Å². The van der Waals surface area contributed by atoms with Gasteiger partial charge in [-0.15, -0.1) is 0 Å². The minimum atomic E-state index is -0.0815. The zero-order valence-electron chi connectivity index (χ0n) is 13.9. The van der Waals surface area contributed by atoms with Crippen LogP contribution in [0.1, 0.15) is 12.0 Å². The van der Waals surface area contributed by atoms with Crippen molar-refractivity contribution in [2.75, 3.05) is 20.2 Å². The molecule has 1 atom stereocenters. The van der Waals surface area contributed by atoms with Gasteiger partial charge in [-0.3, -0.25) is 0 Å². The number of rotatable bonds is 5. The van der Waals surface area contributed by atoms with Crippen LogP contribution in [0.4, 0.5) is 4.79 Å². The summed E-state index contributed by atoms with van der Waals surface area (Å²) in [7, 11) is 1.63. The molecule has 3 rings (SSSR count). The van der Waals surface area contributed by atoms with Gasteiger partial charge in [0.1, 0.15) is 11.9 Å². The summed E-state index contributed by atoms with van der Waals surface area (Å²) >= 11 is 3.42. The van der Waals surface area contributed by atoms with Crippen molar-refractivity contribution < 1.29 is 14.3 Å². The Morgan fingerprint density at radius 1 is 1.36 bits per heavy atom. The molecule has 2 aromatic rings. The Labute approximate surface area is 155 Å². The monoisotopic (exact) mass is 405 g/mol. The number of hydrogen-bond donors (Lipinski definition) is 1. The highest BCUT2D eigenvalue weighted by Crippen LogP contribution is 2.24. The van der Waals surface area contributed by atoms with Crippen molar-refractivity contribution in [2.24, 2.45) is 0 Å². The van der Waals surface area contributed by atoms with Crippen LogP contribution in [0.15, 0.2) is 47.1 Å². The zero-order chi connectivity index (χ0) is 17.6. The summed E-state index contributed by atoms with van der Waals surface area (Å²) in [6, 6.07) is 11.3. The number of urea groups is 1. The SMILES string of the molecule is COc1ccc(CNC(=O)N2CCC(Oc3ncccc3Br)C2)cc1. The second kappa shape index (κ2) is 8.20. The van der Waals surface area contributed by atoms with E-state index in [9.17, 15) is 4.79 Å². The Balaban J connectivity index is 1.48. The van der Waals surface area contributed by atoms with Crippen LogP contribution in [0, 0.1) is 0 Å². The molecule has 1 aromatic carbocycles. The molecule has 25 heavy (non-hydrogen) atoms. The van der Waals surface area contributed by atoms with Crippen LogP contribution in [0.25, 0.3) is 0 Å². The quantitative estimate of drug-likeness (QED) is 0.829. The molecule has 6 nitrogen and oxygen atoms in total. The van der Waals surface area contributed by atoms with Gasteiger partial charge in [0, 0.05) is 25.7 Å². The van der Waals surface area contributed by atoms with E-state index in [-0.39, 0.29) is 12.1 Å². The number of nitrogens with one attached hydrogen (secondary N) is 1. The number of pyridine rings is 1. The van der Waals surface area contributed by atoms with Gasteiger partial charge >= 0.3 is 6.03 Å². The largest absolute Gasteiger partial charge is 0.497 e. The average molecular weight is 406 g/mol. The van der Waals surface area contributed by atoms with E-state index in [0.29, 0.717) is 25.5 Å². The van der Waals surface area contributed by atoms with Crippen LogP contribution in [0.3, 0.4) is 0 Å². The van der Waals surface area contributed by atoms with Gasteiger partial charge < -0.3 is 19.7 Å². The molecule has 1 unspecified atom stereocenters. The normalized spacial score (nSPS) is 16.6. The summed E-state index contributed by atoms with van der Waals surface area (Å²) < 4.78 is 11.8. The lowest BCUT2D eigenvalue weighted by molar-refractivity contribution is 0.182. The summed E-state index contributed by atoms with van der Waals surface area (Å²) in [6.07, 6.45) is 2.44. The van der Waals surface area contributed by atoms with Gasteiger partial charge in [-0.25, -0.2) is 9.78 Å². The molecule has 1 saturated heterocycles. The first-order chi connectivity index (χ1) is 12.2. The average Bonchev–Trinajstić information content (AvgIpc) is 3.11. The first kappa shape index (κ1) is 17.5. The third kappa shape index (κ3) is 4.63. The molecule has 1 aliphatic rings. The Kier molecular flexibility index (Phi) is 5.75. The molecular formula is C18H20BrN3O3. The number of amides is 2. The zero-order valence-corrected chi connectivity index (χ0v) is 15.5. The maximum Gasteiger partial charge on any atom is 0.317 e. The molecule has 0 saturated carbocycles. The predicted octanol–water partition coefficient (Wildman–Crippen LogP) is 3.22. The number of carbonyl (C=O) groups excluding carboxylic acids is 1. The number of nitrogens with zero attached hydrogens (tertiary/aromatic N) is 2. The summed E-state index contributed by atoms with van der Waals surface area (Å²) in [5, 5.41) is 2.94. The van der Waals surface area contributed by atoms with Crippen molar-refractivity contribution in [3.8, 4) is 11.6 Å². The highest BCUT2D eigenvalue weighted by molar-refractivity contribution is 9.10. The number of hydrogen-bond acceptors (Lipinski definition) is 4. The van der Waals surface area contributed by atoms with E-state index in [4.69, 9.17) is 9.47 Å². The standard InChI is InChI=1S/C18H20BrN3O3/c1-24-14-6-4-13(5-7-14)11-21-18(23)22-10-8-15(12-22)25-17-16(19)3-2-9-20-17/h2-7,9,15H,8,10-12H2,1H3,(H,21,23). The molecule has 2 heterocycles. The second-order valence-corrected chi connectivity index (χ2v) is 6.63. The Bertz CT molecular complexity index is 724.